The van der Waals surface area contributed by atoms with Crippen LogP contribution in [0.25, 0.3) is 0 Å². The minimum Gasteiger partial charge on any atom is -0.496 e. The lowest BCUT2D eigenvalue weighted by atomic mass is 10.0. The molecule has 0 saturated heterocycles. The fourth-order valence-corrected chi connectivity index (χ4v) is 2.66. The molecule has 0 aliphatic carbocycles. The topological polar surface area (TPSA) is 18.5 Å². The van der Waals surface area contributed by atoms with E-state index in [0.717, 1.165) is 11.1 Å². The van der Waals surface area contributed by atoms with Gasteiger partial charge >= 0.3 is 0 Å². The summed E-state index contributed by atoms with van der Waals surface area (Å²) >= 11 is 18.6. The Morgan fingerprint density at radius 2 is 1.60 bits per heavy atom. The highest BCUT2D eigenvalue weighted by atomic mass is 35.5. The van der Waals surface area contributed by atoms with Crippen molar-refractivity contribution in [3.05, 3.63) is 57.6 Å². The van der Waals surface area contributed by atoms with E-state index in [1.54, 1.807) is 38.5 Å². The lowest BCUT2D eigenvalue weighted by molar-refractivity contribution is 0.410. The molecule has 2 aromatic rings. The quantitative estimate of drug-likeness (QED) is 0.704. The van der Waals surface area contributed by atoms with Gasteiger partial charge in [0.25, 0.3) is 0 Å². The number of alkyl halides is 1. The fraction of sp³-hybridized carbons (Fsp3) is 0.200. The van der Waals surface area contributed by atoms with Crippen LogP contribution in [0.2, 0.25) is 10.0 Å². The molecule has 0 N–H and O–H groups in total. The zero-order valence-corrected chi connectivity index (χ0v) is 13.3. The zero-order chi connectivity index (χ0) is 14.7. The number of benzene rings is 2. The van der Waals surface area contributed by atoms with Gasteiger partial charge in [-0.05, 0) is 29.8 Å². The van der Waals surface area contributed by atoms with E-state index in [9.17, 15) is 0 Å². The van der Waals surface area contributed by atoms with Gasteiger partial charge in [0.05, 0.1) is 24.6 Å². The number of rotatable bonds is 4. The molecule has 2 rings (SSSR count). The van der Waals surface area contributed by atoms with Crippen LogP contribution in [0.5, 0.6) is 11.5 Å². The molecule has 5 heteroatoms. The summed E-state index contributed by atoms with van der Waals surface area (Å²) in [7, 11) is 3.15. The van der Waals surface area contributed by atoms with Gasteiger partial charge in [-0.1, -0.05) is 35.3 Å². The third-order valence-corrected chi connectivity index (χ3v) is 3.95. The van der Waals surface area contributed by atoms with Gasteiger partial charge in [-0.2, -0.15) is 0 Å². The molecule has 0 spiro atoms. The van der Waals surface area contributed by atoms with E-state index in [1.165, 1.54) is 0 Å². The summed E-state index contributed by atoms with van der Waals surface area (Å²) < 4.78 is 10.4. The standard InChI is InChI=1S/C15H13Cl3O2/c1-19-13-6-3-9(7-12(13)17)15(18)11-5-4-10(16)8-14(11)20-2/h3-8,15H,1-2H3. The van der Waals surface area contributed by atoms with Crippen molar-refractivity contribution in [1.82, 2.24) is 0 Å². The van der Waals surface area contributed by atoms with Gasteiger partial charge in [0, 0.05) is 10.6 Å². The highest BCUT2D eigenvalue weighted by Crippen LogP contribution is 2.38. The Kier molecular flexibility index (Phi) is 5.03. The Balaban J connectivity index is 2.40. The molecule has 1 atom stereocenters. The number of halogens is 3. The lowest BCUT2D eigenvalue weighted by Gasteiger charge is -2.15. The summed E-state index contributed by atoms with van der Waals surface area (Å²) in [6.45, 7) is 0. The Morgan fingerprint density at radius 3 is 2.20 bits per heavy atom. The summed E-state index contributed by atoms with van der Waals surface area (Å²) in [5, 5.41) is 0.733. The van der Waals surface area contributed by atoms with E-state index in [0.29, 0.717) is 21.5 Å². The summed E-state index contributed by atoms with van der Waals surface area (Å²) in [6.07, 6.45) is 0. The third kappa shape index (κ3) is 3.14. The zero-order valence-electron chi connectivity index (χ0n) is 11.0. The SMILES string of the molecule is COc1ccc(C(Cl)c2ccc(Cl)cc2OC)cc1Cl. The maximum absolute atomic E-state index is 6.51. The maximum Gasteiger partial charge on any atom is 0.137 e. The van der Waals surface area contributed by atoms with E-state index < -0.39 is 0 Å². The second kappa shape index (κ2) is 6.57. The molecule has 0 aliphatic rings. The lowest BCUT2D eigenvalue weighted by Crippen LogP contribution is -1.98. The van der Waals surface area contributed by atoms with Crippen LogP contribution in [-0.2, 0) is 0 Å². The van der Waals surface area contributed by atoms with E-state index in [2.05, 4.69) is 0 Å². The van der Waals surface area contributed by atoms with Gasteiger partial charge in [-0.25, -0.2) is 0 Å². The molecule has 0 saturated carbocycles. The van der Waals surface area contributed by atoms with Crippen molar-refractivity contribution in [2.24, 2.45) is 0 Å². The van der Waals surface area contributed by atoms with Crippen molar-refractivity contribution >= 4 is 34.8 Å². The molecule has 0 bridgehead atoms. The molecule has 0 amide bonds. The minimum absolute atomic E-state index is 0.384. The fourth-order valence-electron chi connectivity index (χ4n) is 1.91. The second-order valence-corrected chi connectivity index (χ2v) is 5.42. The molecule has 0 aliphatic heterocycles. The third-order valence-electron chi connectivity index (χ3n) is 2.94. The first-order valence-corrected chi connectivity index (χ1v) is 7.07. The molecule has 20 heavy (non-hydrogen) atoms. The monoisotopic (exact) mass is 330 g/mol. The van der Waals surface area contributed by atoms with Crippen molar-refractivity contribution in [1.29, 1.82) is 0 Å². The molecule has 2 aromatic carbocycles. The van der Waals surface area contributed by atoms with Gasteiger partial charge < -0.3 is 9.47 Å². The Hall–Kier alpha value is -1.09. The van der Waals surface area contributed by atoms with Crippen molar-refractivity contribution in [3.8, 4) is 11.5 Å². The molecule has 0 fully saturated rings. The molecule has 106 valence electrons. The normalized spacial score (nSPS) is 12.1. The van der Waals surface area contributed by atoms with Crippen LogP contribution in [0.1, 0.15) is 16.5 Å². The van der Waals surface area contributed by atoms with Crippen LogP contribution < -0.4 is 9.47 Å². The number of hydrogen-bond donors (Lipinski definition) is 0. The van der Waals surface area contributed by atoms with Gasteiger partial charge in [0.1, 0.15) is 11.5 Å². The van der Waals surface area contributed by atoms with Crippen molar-refractivity contribution in [2.45, 2.75) is 5.38 Å². The van der Waals surface area contributed by atoms with E-state index in [1.807, 2.05) is 12.1 Å². The van der Waals surface area contributed by atoms with Crippen LogP contribution in [-0.4, -0.2) is 14.2 Å². The smallest absolute Gasteiger partial charge is 0.137 e. The van der Waals surface area contributed by atoms with Crippen molar-refractivity contribution in [3.63, 3.8) is 0 Å². The maximum atomic E-state index is 6.51. The minimum atomic E-state index is -0.384. The molecule has 0 aromatic heterocycles. The van der Waals surface area contributed by atoms with Gasteiger partial charge in [0.2, 0.25) is 0 Å². The average molecular weight is 332 g/mol. The van der Waals surface area contributed by atoms with Crippen molar-refractivity contribution in [2.75, 3.05) is 14.2 Å². The first-order valence-electron chi connectivity index (χ1n) is 5.87. The van der Waals surface area contributed by atoms with Crippen LogP contribution >= 0.6 is 34.8 Å². The van der Waals surface area contributed by atoms with Gasteiger partial charge in [-0.15, -0.1) is 11.6 Å². The molecule has 0 radical (unpaired) electrons. The summed E-state index contributed by atoms with van der Waals surface area (Å²) in [4.78, 5) is 0. The largest absolute Gasteiger partial charge is 0.496 e. The van der Waals surface area contributed by atoms with Crippen LogP contribution in [0.3, 0.4) is 0 Å². The summed E-state index contributed by atoms with van der Waals surface area (Å²) in [6, 6.07) is 10.8. The van der Waals surface area contributed by atoms with Gasteiger partial charge in [-0.3, -0.25) is 0 Å². The predicted octanol–water partition coefficient (Wildman–Crippen LogP) is 5.34. The van der Waals surface area contributed by atoms with Crippen LogP contribution in [0, 0.1) is 0 Å². The molecule has 2 nitrogen and oxygen atoms in total. The molecule has 1 unspecified atom stereocenters. The highest BCUT2D eigenvalue weighted by Gasteiger charge is 2.17. The molecular weight excluding hydrogens is 319 g/mol. The molecule has 0 heterocycles. The van der Waals surface area contributed by atoms with Gasteiger partial charge in [0.15, 0.2) is 0 Å². The van der Waals surface area contributed by atoms with Crippen LogP contribution in [0.15, 0.2) is 36.4 Å². The first kappa shape index (κ1) is 15.3. The van der Waals surface area contributed by atoms with E-state index in [4.69, 9.17) is 44.3 Å². The van der Waals surface area contributed by atoms with Crippen molar-refractivity contribution < 1.29 is 9.47 Å². The second-order valence-electron chi connectivity index (χ2n) is 4.14. The van der Waals surface area contributed by atoms with E-state index in [-0.39, 0.29) is 5.38 Å². The number of ether oxygens (including phenoxy) is 2. The number of hydrogen-bond acceptors (Lipinski definition) is 2. The van der Waals surface area contributed by atoms with Crippen LogP contribution in [0.4, 0.5) is 0 Å². The molecular formula is C15H13Cl3O2. The predicted molar refractivity (Wildman–Crippen MR) is 83.7 cm³/mol. The average Bonchev–Trinajstić information content (AvgIpc) is 2.46. The Labute approximate surface area is 133 Å². The Morgan fingerprint density at radius 1 is 0.900 bits per heavy atom. The summed E-state index contributed by atoms with van der Waals surface area (Å²) in [5.41, 5.74) is 1.69. The number of methoxy groups -OCH3 is 2. The van der Waals surface area contributed by atoms with E-state index >= 15 is 0 Å². The first-order chi connectivity index (χ1) is 9.56. The Bertz CT molecular complexity index is 614. The summed E-state index contributed by atoms with van der Waals surface area (Å²) in [5.74, 6) is 1.26. The highest BCUT2D eigenvalue weighted by molar-refractivity contribution is 6.32.